The van der Waals surface area contributed by atoms with E-state index in [9.17, 15) is 14.4 Å². The average molecular weight is 442 g/mol. The van der Waals surface area contributed by atoms with Crippen LogP contribution in [0.4, 0.5) is 4.79 Å². The lowest BCUT2D eigenvalue weighted by atomic mass is 9.90. The van der Waals surface area contributed by atoms with E-state index in [1.165, 1.54) is 10.5 Å². The molecule has 0 radical (unpaired) electrons. The molecule has 0 saturated carbocycles. The van der Waals surface area contributed by atoms with Crippen molar-refractivity contribution in [2.24, 2.45) is 0 Å². The minimum absolute atomic E-state index is 0.0925. The molecule has 0 bridgehead atoms. The fourth-order valence-corrected chi connectivity index (χ4v) is 4.19. The predicted molar refractivity (Wildman–Crippen MR) is 123 cm³/mol. The zero-order valence-corrected chi connectivity index (χ0v) is 18.5. The van der Waals surface area contributed by atoms with E-state index in [0.29, 0.717) is 16.9 Å². The normalized spacial score (nSPS) is 18.2. The third-order valence-electron chi connectivity index (χ3n) is 6.10. The van der Waals surface area contributed by atoms with Gasteiger partial charge in [0.25, 0.3) is 11.5 Å². The molecule has 8 nitrogen and oxygen atoms in total. The number of urea groups is 1. The number of carbonyl (C=O) groups is 2. The Labute approximate surface area is 189 Å². The molecule has 1 atom stereocenters. The molecule has 166 valence electrons. The number of nitrogens with one attached hydrogen (secondary N) is 1. The summed E-state index contributed by atoms with van der Waals surface area (Å²) < 4.78 is 6.70. The van der Waals surface area contributed by atoms with Crippen molar-refractivity contribution >= 4 is 28.4 Å². The Balaban J connectivity index is 1.48. The number of aromatic nitrogens is 2. The first-order valence-electron chi connectivity index (χ1n) is 10.5. The Morgan fingerprint density at radius 2 is 1.76 bits per heavy atom. The maximum absolute atomic E-state index is 13.4. The van der Waals surface area contributed by atoms with Gasteiger partial charge in [-0.1, -0.05) is 18.2 Å². The summed E-state index contributed by atoms with van der Waals surface area (Å²) in [5.74, 6) is 0.346. The van der Waals surface area contributed by atoms with Crippen LogP contribution in [0.25, 0.3) is 16.4 Å². The number of fused-ring (bicyclic) bond motifs is 2. The third-order valence-corrected chi connectivity index (χ3v) is 6.10. The zero-order chi connectivity index (χ0) is 23.3. The van der Waals surface area contributed by atoms with E-state index >= 15 is 0 Å². The second-order valence-corrected chi connectivity index (χ2v) is 8.39. The molecule has 2 aromatic heterocycles. The molecule has 4 aromatic rings. The molecule has 0 aliphatic carbocycles. The van der Waals surface area contributed by atoms with Crippen LogP contribution in [0.2, 0.25) is 0 Å². The van der Waals surface area contributed by atoms with Gasteiger partial charge in [0.05, 0.1) is 19.3 Å². The summed E-state index contributed by atoms with van der Waals surface area (Å²) in [5.41, 5.74) is 0.947. The monoisotopic (exact) mass is 442 g/mol. The maximum atomic E-state index is 13.4. The molecule has 33 heavy (non-hydrogen) atoms. The van der Waals surface area contributed by atoms with Crippen molar-refractivity contribution in [3.05, 3.63) is 88.0 Å². The zero-order valence-electron chi connectivity index (χ0n) is 18.5. The van der Waals surface area contributed by atoms with Crippen molar-refractivity contribution in [3.8, 4) is 5.75 Å². The van der Waals surface area contributed by atoms with E-state index in [1.54, 1.807) is 26.3 Å². The van der Waals surface area contributed by atoms with Crippen LogP contribution in [0.15, 0.2) is 65.6 Å². The fraction of sp³-hybridized carbons (Fsp3) is 0.200. The van der Waals surface area contributed by atoms with Crippen molar-refractivity contribution in [2.75, 3.05) is 7.11 Å². The minimum Gasteiger partial charge on any atom is -0.497 e. The molecular formula is C25H22N4O4. The van der Waals surface area contributed by atoms with Gasteiger partial charge in [-0.3, -0.25) is 18.9 Å². The molecule has 1 aliphatic heterocycles. The lowest BCUT2D eigenvalue weighted by Gasteiger charge is -2.23. The predicted octanol–water partition coefficient (Wildman–Crippen LogP) is 3.13. The number of benzene rings is 2. The fourth-order valence-electron chi connectivity index (χ4n) is 4.19. The molecule has 3 heterocycles. The summed E-state index contributed by atoms with van der Waals surface area (Å²) >= 11 is 0. The molecule has 8 heteroatoms. The highest BCUT2D eigenvalue weighted by Crippen LogP contribution is 2.32. The number of ether oxygens (including phenoxy) is 1. The van der Waals surface area contributed by atoms with Gasteiger partial charge in [-0.15, -0.1) is 0 Å². The number of pyridine rings is 1. The van der Waals surface area contributed by atoms with E-state index in [4.69, 9.17) is 4.74 Å². The summed E-state index contributed by atoms with van der Waals surface area (Å²) in [5, 5.41) is 4.71. The second-order valence-electron chi connectivity index (χ2n) is 8.39. The van der Waals surface area contributed by atoms with Crippen LogP contribution in [-0.4, -0.2) is 33.3 Å². The van der Waals surface area contributed by atoms with Gasteiger partial charge in [0.15, 0.2) is 0 Å². The van der Waals surface area contributed by atoms with Gasteiger partial charge in [0.1, 0.15) is 16.9 Å². The van der Waals surface area contributed by atoms with E-state index < -0.39 is 17.5 Å². The van der Waals surface area contributed by atoms with Crippen molar-refractivity contribution in [1.82, 2.24) is 19.6 Å². The lowest BCUT2D eigenvalue weighted by Crippen LogP contribution is -2.40. The van der Waals surface area contributed by atoms with Crippen LogP contribution in [0, 0.1) is 6.92 Å². The Bertz CT molecular complexity index is 1510. The molecule has 3 amide bonds. The smallest absolute Gasteiger partial charge is 0.325 e. The highest BCUT2D eigenvalue weighted by Gasteiger charge is 2.49. The Kier molecular flexibility index (Phi) is 4.67. The molecule has 1 fully saturated rings. The number of aryl methyl sites for hydroxylation is 1. The van der Waals surface area contributed by atoms with E-state index in [1.807, 2.05) is 49.4 Å². The molecule has 0 unspecified atom stereocenters. The van der Waals surface area contributed by atoms with Gasteiger partial charge >= 0.3 is 6.03 Å². The number of carbonyl (C=O) groups excluding carboxylic acids is 2. The average Bonchev–Trinajstić information content (AvgIpc) is 3.01. The number of methoxy groups -OCH3 is 1. The molecule has 2 aromatic carbocycles. The topological polar surface area (TPSA) is 93.0 Å². The Hall–Kier alpha value is -4.20. The summed E-state index contributed by atoms with van der Waals surface area (Å²) in [6.07, 6.45) is 1.66. The van der Waals surface area contributed by atoms with Crippen LogP contribution in [0.1, 0.15) is 23.7 Å². The second kappa shape index (κ2) is 7.44. The third kappa shape index (κ3) is 3.40. The number of imide groups is 1. The standard InChI is InChI=1S/C25H22N4O4/c1-15-8-9-28-21(10-15)26-19(13-22(28)30)14-29-23(31)25(2,27-24(29)32)18-6-4-17-12-20(33-3)7-5-16(17)11-18/h4-13H,14H2,1-3H3,(H,27,32)/t25-/m1/s1. The van der Waals surface area contributed by atoms with Gasteiger partial charge in [-0.05, 0) is 66.1 Å². The van der Waals surface area contributed by atoms with Gasteiger partial charge in [0, 0.05) is 12.3 Å². The van der Waals surface area contributed by atoms with Crippen LogP contribution >= 0.6 is 0 Å². The Morgan fingerprint density at radius 1 is 1.00 bits per heavy atom. The number of amides is 3. The summed E-state index contributed by atoms with van der Waals surface area (Å²) in [6.45, 7) is 3.50. The van der Waals surface area contributed by atoms with Crippen LogP contribution in [0.5, 0.6) is 5.75 Å². The maximum Gasteiger partial charge on any atom is 0.325 e. The van der Waals surface area contributed by atoms with Gasteiger partial charge in [-0.2, -0.15) is 0 Å². The highest BCUT2D eigenvalue weighted by molar-refractivity contribution is 6.07. The Morgan fingerprint density at radius 3 is 2.55 bits per heavy atom. The van der Waals surface area contributed by atoms with Crippen molar-refractivity contribution in [1.29, 1.82) is 0 Å². The van der Waals surface area contributed by atoms with Gasteiger partial charge in [-0.25, -0.2) is 9.78 Å². The van der Waals surface area contributed by atoms with Crippen molar-refractivity contribution < 1.29 is 14.3 Å². The molecular weight excluding hydrogens is 420 g/mol. The summed E-state index contributed by atoms with van der Waals surface area (Å²) in [4.78, 5) is 44.3. The SMILES string of the molecule is COc1ccc2cc([C@@]3(C)NC(=O)N(Cc4cc(=O)n5ccc(C)cc5n4)C3=O)ccc2c1. The first-order valence-corrected chi connectivity index (χ1v) is 10.5. The molecule has 5 rings (SSSR count). The van der Waals surface area contributed by atoms with Crippen molar-refractivity contribution in [3.63, 3.8) is 0 Å². The number of rotatable bonds is 4. The summed E-state index contributed by atoms with van der Waals surface area (Å²) in [7, 11) is 1.61. The largest absolute Gasteiger partial charge is 0.497 e. The van der Waals surface area contributed by atoms with Gasteiger partial charge < -0.3 is 10.1 Å². The highest BCUT2D eigenvalue weighted by atomic mass is 16.5. The van der Waals surface area contributed by atoms with Crippen molar-refractivity contribution in [2.45, 2.75) is 25.9 Å². The van der Waals surface area contributed by atoms with E-state index in [0.717, 1.165) is 27.0 Å². The first-order chi connectivity index (χ1) is 15.8. The number of hydrogen-bond acceptors (Lipinski definition) is 5. The first kappa shape index (κ1) is 20.7. The minimum atomic E-state index is -1.23. The van der Waals surface area contributed by atoms with E-state index in [-0.39, 0.29) is 12.1 Å². The number of nitrogens with zero attached hydrogens (tertiary/aromatic N) is 3. The summed E-state index contributed by atoms with van der Waals surface area (Å²) in [6, 6.07) is 15.7. The number of hydrogen-bond donors (Lipinski definition) is 1. The molecule has 0 spiro atoms. The van der Waals surface area contributed by atoms with E-state index in [2.05, 4.69) is 10.3 Å². The molecule has 1 saturated heterocycles. The van der Waals surface area contributed by atoms with Gasteiger partial charge in [0.2, 0.25) is 0 Å². The lowest BCUT2D eigenvalue weighted by molar-refractivity contribution is -0.131. The molecule has 1 N–H and O–H groups in total. The van der Waals surface area contributed by atoms with Crippen LogP contribution in [0.3, 0.4) is 0 Å². The van der Waals surface area contributed by atoms with Crippen LogP contribution in [-0.2, 0) is 16.9 Å². The van der Waals surface area contributed by atoms with Crippen LogP contribution < -0.4 is 15.6 Å². The quantitative estimate of drug-likeness (QED) is 0.490. The molecule has 1 aliphatic rings.